The van der Waals surface area contributed by atoms with Crippen LogP contribution in [0.5, 0.6) is 0 Å². The third kappa shape index (κ3) is 4.04. The Balaban J connectivity index is 1.83. The lowest BCUT2D eigenvalue weighted by atomic mass is 10.1. The average Bonchev–Trinajstić information content (AvgIpc) is 3.31. The Bertz CT molecular complexity index is 895. The molecule has 0 atom stereocenters. The fourth-order valence-corrected chi connectivity index (χ4v) is 4.61. The minimum Gasteiger partial charge on any atom is -0.454 e. The second kappa shape index (κ2) is 7.73. The molecule has 25 heavy (non-hydrogen) atoms. The summed E-state index contributed by atoms with van der Waals surface area (Å²) in [5.74, 6) is -1.15. The maximum absolute atomic E-state index is 12.6. The van der Waals surface area contributed by atoms with Gasteiger partial charge in [0.15, 0.2) is 6.61 Å². The van der Waals surface area contributed by atoms with Crippen LogP contribution in [-0.2, 0) is 9.53 Å². The highest BCUT2D eigenvalue weighted by atomic mass is 32.1. The quantitative estimate of drug-likeness (QED) is 0.495. The van der Waals surface area contributed by atoms with Gasteiger partial charge in [0, 0.05) is 22.7 Å². The Morgan fingerprint density at radius 1 is 1.08 bits per heavy atom. The van der Waals surface area contributed by atoms with Crippen LogP contribution in [0.1, 0.15) is 27.0 Å². The molecule has 0 saturated carbocycles. The van der Waals surface area contributed by atoms with Crippen LogP contribution < -0.4 is 5.32 Å². The van der Waals surface area contributed by atoms with E-state index in [0.717, 1.165) is 4.88 Å². The van der Waals surface area contributed by atoms with Crippen molar-refractivity contribution in [3.8, 4) is 10.4 Å². The van der Waals surface area contributed by atoms with Crippen LogP contribution in [0.3, 0.4) is 0 Å². The second-order valence-corrected chi connectivity index (χ2v) is 7.76. The molecule has 0 unspecified atom stereocenters. The van der Waals surface area contributed by atoms with Gasteiger partial charge in [-0.3, -0.25) is 9.59 Å². The van der Waals surface area contributed by atoms with Gasteiger partial charge < -0.3 is 10.1 Å². The molecule has 0 aliphatic carbocycles. The van der Waals surface area contributed by atoms with Crippen LogP contribution in [0.2, 0.25) is 0 Å². The third-order valence-electron chi connectivity index (χ3n) is 3.20. The van der Waals surface area contributed by atoms with E-state index in [1.807, 2.05) is 17.5 Å². The molecule has 0 aromatic carbocycles. The van der Waals surface area contributed by atoms with E-state index < -0.39 is 5.97 Å². The number of ketones is 1. The Hall–Kier alpha value is -2.29. The summed E-state index contributed by atoms with van der Waals surface area (Å²) in [4.78, 5) is 37.4. The van der Waals surface area contributed by atoms with Gasteiger partial charge in [-0.15, -0.1) is 34.0 Å². The van der Waals surface area contributed by atoms with Crippen molar-refractivity contribution in [3.63, 3.8) is 0 Å². The fourth-order valence-electron chi connectivity index (χ4n) is 2.14. The first-order chi connectivity index (χ1) is 12.1. The van der Waals surface area contributed by atoms with Gasteiger partial charge in [0.25, 0.3) is 0 Å². The SMILES string of the molecule is CC(=O)Nc1scc(-c2cccs2)c1C(=O)OCC(=O)c1cccs1. The first-order valence-electron chi connectivity index (χ1n) is 7.23. The van der Waals surface area contributed by atoms with E-state index in [9.17, 15) is 14.4 Å². The zero-order chi connectivity index (χ0) is 17.8. The van der Waals surface area contributed by atoms with Crippen LogP contribution in [0.4, 0.5) is 5.00 Å². The molecule has 1 N–H and O–H groups in total. The van der Waals surface area contributed by atoms with E-state index in [4.69, 9.17) is 4.74 Å². The minimum absolute atomic E-state index is 0.252. The number of ether oxygens (including phenoxy) is 1. The normalized spacial score (nSPS) is 10.4. The molecule has 8 heteroatoms. The molecule has 0 radical (unpaired) electrons. The van der Waals surface area contributed by atoms with E-state index in [2.05, 4.69) is 5.32 Å². The Morgan fingerprint density at radius 2 is 1.84 bits per heavy atom. The molecular formula is C17H13NO4S3. The first kappa shape index (κ1) is 17.5. The number of nitrogens with one attached hydrogen (secondary N) is 1. The van der Waals surface area contributed by atoms with Gasteiger partial charge >= 0.3 is 5.97 Å². The van der Waals surface area contributed by atoms with Crippen molar-refractivity contribution in [1.82, 2.24) is 0 Å². The molecule has 1 amide bonds. The summed E-state index contributed by atoms with van der Waals surface area (Å²) >= 11 is 4.04. The minimum atomic E-state index is -0.627. The zero-order valence-electron chi connectivity index (χ0n) is 13.1. The Morgan fingerprint density at radius 3 is 2.48 bits per heavy atom. The third-order valence-corrected chi connectivity index (χ3v) is 5.91. The fraction of sp³-hybridized carbons (Fsp3) is 0.118. The van der Waals surface area contributed by atoms with E-state index in [0.29, 0.717) is 15.4 Å². The Labute approximate surface area is 155 Å². The summed E-state index contributed by atoms with van der Waals surface area (Å²) in [6.07, 6.45) is 0. The number of carbonyl (C=O) groups excluding carboxylic acids is 3. The summed E-state index contributed by atoms with van der Waals surface area (Å²) in [5.41, 5.74) is 0.971. The molecule has 0 aliphatic rings. The van der Waals surface area contributed by atoms with Crippen molar-refractivity contribution in [2.24, 2.45) is 0 Å². The number of thiophene rings is 3. The van der Waals surface area contributed by atoms with Gasteiger partial charge in [-0.05, 0) is 22.9 Å². The summed E-state index contributed by atoms with van der Waals surface area (Å²) in [6, 6.07) is 7.22. The maximum Gasteiger partial charge on any atom is 0.342 e. The van der Waals surface area contributed by atoms with Gasteiger partial charge in [-0.25, -0.2) is 4.79 Å². The molecule has 0 saturated heterocycles. The maximum atomic E-state index is 12.6. The van der Waals surface area contributed by atoms with Crippen LogP contribution in [0.15, 0.2) is 40.4 Å². The summed E-state index contributed by atoms with van der Waals surface area (Å²) in [7, 11) is 0. The van der Waals surface area contributed by atoms with E-state index in [1.165, 1.54) is 40.9 Å². The highest BCUT2D eigenvalue weighted by Gasteiger charge is 2.23. The van der Waals surface area contributed by atoms with Crippen molar-refractivity contribution < 1.29 is 19.1 Å². The zero-order valence-corrected chi connectivity index (χ0v) is 15.6. The molecule has 5 nitrogen and oxygen atoms in total. The van der Waals surface area contributed by atoms with Crippen molar-refractivity contribution in [1.29, 1.82) is 0 Å². The molecular weight excluding hydrogens is 378 g/mol. The lowest BCUT2D eigenvalue weighted by Gasteiger charge is -2.07. The number of anilines is 1. The molecule has 128 valence electrons. The molecule has 0 fully saturated rings. The van der Waals surface area contributed by atoms with E-state index in [-0.39, 0.29) is 23.9 Å². The van der Waals surface area contributed by atoms with Gasteiger partial charge in [0.2, 0.25) is 11.7 Å². The lowest BCUT2D eigenvalue weighted by Crippen LogP contribution is -2.15. The van der Waals surface area contributed by atoms with Crippen LogP contribution >= 0.6 is 34.0 Å². The van der Waals surface area contributed by atoms with Crippen LogP contribution in [-0.4, -0.2) is 24.3 Å². The van der Waals surface area contributed by atoms with E-state index >= 15 is 0 Å². The van der Waals surface area contributed by atoms with Crippen molar-refractivity contribution in [3.05, 3.63) is 50.8 Å². The van der Waals surface area contributed by atoms with Gasteiger partial charge in [0.1, 0.15) is 10.6 Å². The largest absolute Gasteiger partial charge is 0.454 e. The summed E-state index contributed by atoms with van der Waals surface area (Å²) < 4.78 is 5.21. The summed E-state index contributed by atoms with van der Waals surface area (Å²) in [6.45, 7) is 1.04. The number of rotatable bonds is 6. The second-order valence-electron chi connectivity index (χ2n) is 4.99. The highest BCUT2D eigenvalue weighted by Crippen LogP contribution is 2.38. The number of amides is 1. The van der Waals surface area contributed by atoms with Gasteiger partial charge in [-0.2, -0.15) is 0 Å². The standard InChI is InChI=1S/C17H13NO4S3/c1-10(19)18-16-15(11(9-25-16)13-4-2-6-23-13)17(21)22-8-12(20)14-5-3-7-24-14/h2-7,9H,8H2,1H3,(H,18,19). The lowest BCUT2D eigenvalue weighted by molar-refractivity contribution is -0.114. The predicted octanol–water partition coefficient (Wildman–Crippen LogP) is 4.54. The number of hydrogen-bond acceptors (Lipinski definition) is 7. The molecule has 3 aromatic rings. The molecule has 3 rings (SSSR count). The van der Waals surface area contributed by atoms with Crippen molar-refractivity contribution in [2.75, 3.05) is 11.9 Å². The molecule has 3 aromatic heterocycles. The molecule has 3 heterocycles. The first-order valence-corrected chi connectivity index (χ1v) is 9.87. The number of esters is 1. The average molecular weight is 391 g/mol. The molecule has 0 bridgehead atoms. The molecule has 0 aliphatic heterocycles. The van der Waals surface area contributed by atoms with E-state index in [1.54, 1.807) is 22.9 Å². The number of Topliss-reactive ketones (excluding diaryl/α,β-unsaturated/α-hetero) is 1. The topological polar surface area (TPSA) is 72.5 Å². The predicted molar refractivity (Wildman–Crippen MR) is 101 cm³/mol. The van der Waals surface area contributed by atoms with Crippen LogP contribution in [0, 0.1) is 0 Å². The van der Waals surface area contributed by atoms with Crippen molar-refractivity contribution in [2.45, 2.75) is 6.92 Å². The number of hydrogen-bond donors (Lipinski definition) is 1. The van der Waals surface area contributed by atoms with Gasteiger partial charge in [-0.1, -0.05) is 12.1 Å². The van der Waals surface area contributed by atoms with Gasteiger partial charge in [0.05, 0.1) is 4.88 Å². The van der Waals surface area contributed by atoms with Crippen LogP contribution in [0.25, 0.3) is 10.4 Å². The van der Waals surface area contributed by atoms with Crippen molar-refractivity contribution >= 4 is 56.7 Å². The molecule has 0 spiro atoms. The highest BCUT2D eigenvalue weighted by molar-refractivity contribution is 7.17. The number of carbonyl (C=O) groups is 3. The summed E-state index contributed by atoms with van der Waals surface area (Å²) in [5, 5.41) is 8.57. The Kier molecular flexibility index (Phi) is 5.42. The monoisotopic (exact) mass is 391 g/mol. The smallest absolute Gasteiger partial charge is 0.342 e.